The Morgan fingerprint density at radius 2 is 2.05 bits per heavy atom. The van der Waals surface area contributed by atoms with Crippen molar-refractivity contribution in [2.75, 3.05) is 6.61 Å². The van der Waals surface area contributed by atoms with E-state index in [0.717, 1.165) is 31.2 Å². The fourth-order valence-corrected chi connectivity index (χ4v) is 3.46. The van der Waals surface area contributed by atoms with E-state index in [1.165, 1.54) is 0 Å². The molecule has 0 spiro atoms. The Bertz CT molecular complexity index is 433. The van der Waals surface area contributed by atoms with Crippen LogP contribution in [0.25, 0.3) is 0 Å². The summed E-state index contributed by atoms with van der Waals surface area (Å²) in [6.07, 6.45) is 4.27. The van der Waals surface area contributed by atoms with Crippen LogP contribution >= 0.6 is 23.2 Å². The van der Waals surface area contributed by atoms with Gasteiger partial charge in [-0.1, -0.05) is 48.2 Å². The Morgan fingerprint density at radius 3 is 2.63 bits per heavy atom. The number of rotatable bonds is 5. The van der Waals surface area contributed by atoms with Gasteiger partial charge in [0.25, 0.3) is 0 Å². The van der Waals surface area contributed by atoms with Gasteiger partial charge in [-0.05, 0) is 31.4 Å². The summed E-state index contributed by atoms with van der Waals surface area (Å²) in [6, 6.07) is 5.49. The Balaban J connectivity index is 2.40. The van der Waals surface area contributed by atoms with Crippen molar-refractivity contribution in [2.45, 2.75) is 44.2 Å². The Hall–Kier alpha value is -0.320. The van der Waals surface area contributed by atoms with Crippen LogP contribution in [0.5, 0.6) is 0 Å². The second-order valence-electron chi connectivity index (χ2n) is 4.95. The summed E-state index contributed by atoms with van der Waals surface area (Å²) in [5.41, 5.74) is 3.52. The third kappa shape index (κ3) is 2.91. The lowest BCUT2D eigenvalue weighted by molar-refractivity contribution is -0.0627. The predicted molar refractivity (Wildman–Crippen MR) is 79.4 cm³/mol. The zero-order valence-corrected chi connectivity index (χ0v) is 12.6. The molecule has 1 aromatic rings. The van der Waals surface area contributed by atoms with Gasteiger partial charge < -0.3 is 4.74 Å². The number of nitrogens with two attached hydrogens (primary N) is 1. The van der Waals surface area contributed by atoms with Crippen LogP contribution in [0.15, 0.2) is 18.2 Å². The van der Waals surface area contributed by atoms with Gasteiger partial charge in [-0.3, -0.25) is 11.3 Å². The number of ether oxygens (including phenoxy) is 1. The van der Waals surface area contributed by atoms with Crippen LogP contribution in [-0.2, 0) is 4.74 Å². The standard InChI is InChI=1S/C14H20Cl2N2O/c1-2-19-14(8-3-4-9-14)13(18-17)10-6-5-7-11(15)12(10)16/h5-7,13,18H,2-4,8-9,17H2,1H3. The van der Waals surface area contributed by atoms with Crippen molar-refractivity contribution < 1.29 is 4.74 Å². The highest BCUT2D eigenvalue weighted by Gasteiger charge is 2.43. The summed E-state index contributed by atoms with van der Waals surface area (Å²) in [4.78, 5) is 0. The van der Waals surface area contributed by atoms with Crippen LogP contribution in [0.3, 0.4) is 0 Å². The quantitative estimate of drug-likeness (QED) is 0.641. The summed E-state index contributed by atoms with van der Waals surface area (Å²) in [6.45, 7) is 2.67. The monoisotopic (exact) mass is 302 g/mol. The summed E-state index contributed by atoms with van der Waals surface area (Å²) in [7, 11) is 0. The summed E-state index contributed by atoms with van der Waals surface area (Å²) >= 11 is 12.4. The first kappa shape index (κ1) is 15.1. The highest BCUT2D eigenvalue weighted by Crippen LogP contribution is 2.45. The van der Waals surface area contributed by atoms with Crippen LogP contribution in [0, 0.1) is 0 Å². The lowest BCUT2D eigenvalue weighted by Gasteiger charge is -2.37. The molecule has 0 saturated heterocycles. The van der Waals surface area contributed by atoms with Gasteiger partial charge in [-0.2, -0.15) is 0 Å². The normalized spacial score (nSPS) is 19.6. The molecule has 2 rings (SSSR count). The first-order valence-electron chi connectivity index (χ1n) is 6.68. The minimum atomic E-state index is -0.280. The summed E-state index contributed by atoms with van der Waals surface area (Å²) in [5, 5.41) is 1.10. The van der Waals surface area contributed by atoms with Gasteiger partial charge in [-0.25, -0.2) is 0 Å². The van der Waals surface area contributed by atoms with Crippen LogP contribution < -0.4 is 11.3 Å². The van der Waals surface area contributed by atoms with E-state index in [0.29, 0.717) is 16.7 Å². The minimum Gasteiger partial charge on any atom is -0.373 e. The molecule has 1 fully saturated rings. The van der Waals surface area contributed by atoms with E-state index in [1.807, 2.05) is 19.1 Å². The predicted octanol–water partition coefficient (Wildman–Crippen LogP) is 3.85. The molecule has 0 amide bonds. The average molecular weight is 303 g/mol. The van der Waals surface area contributed by atoms with E-state index in [1.54, 1.807) is 6.07 Å². The summed E-state index contributed by atoms with van der Waals surface area (Å²) in [5.74, 6) is 5.79. The first-order valence-corrected chi connectivity index (χ1v) is 7.44. The highest BCUT2D eigenvalue weighted by molar-refractivity contribution is 6.42. The van der Waals surface area contributed by atoms with Crippen molar-refractivity contribution in [1.29, 1.82) is 0 Å². The largest absolute Gasteiger partial charge is 0.373 e. The van der Waals surface area contributed by atoms with E-state index in [2.05, 4.69) is 5.43 Å². The molecule has 3 nitrogen and oxygen atoms in total. The first-order chi connectivity index (χ1) is 9.14. The van der Waals surface area contributed by atoms with Gasteiger partial charge in [-0.15, -0.1) is 0 Å². The zero-order chi connectivity index (χ0) is 13.9. The van der Waals surface area contributed by atoms with Crippen molar-refractivity contribution in [2.24, 2.45) is 5.84 Å². The fraction of sp³-hybridized carbons (Fsp3) is 0.571. The second-order valence-corrected chi connectivity index (χ2v) is 5.73. The van der Waals surface area contributed by atoms with Crippen molar-refractivity contribution in [3.8, 4) is 0 Å². The lowest BCUT2D eigenvalue weighted by atomic mass is 9.87. The molecule has 1 aromatic carbocycles. The van der Waals surface area contributed by atoms with Gasteiger partial charge in [0.05, 0.1) is 21.7 Å². The van der Waals surface area contributed by atoms with Gasteiger partial charge in [0.15, 0.2) is 0 Å². The van der Waals surface area contributed by atoms with Gasteiger partial charge in [0, 0.05) is 6.61 Å². The molecular weight excluding hydrogens is 283 g/mol. The van der Waals surface area contributed by atoms with E-state index in [-0.39, 0.29) is 11.6 Å². The number of halogens is 2. The molecule has 106 valence electrons. The lowest BCUT2D eigenvalue weighted by Crippen LogP contribution is -2.47. The SMILES string of the molecule is CCOC1(C(NN)c2cccc(Cl)c2Cl)CCCC1. The number of nitrogens with one attached hydrogen (secondary N) is 1. The molecule has 1 aliphatic rings. The highest BCUT2D eigenvalue weighted by atomic mass is 35.5. The zero-order valence-electron chi connectivity index (χ0n) is 11.1. The Morgan fingerprint density at radius 1 is 1.37 bits per heavy atom. The maximum absolute atomic E-state index is 6.32. The van der Waals surface area contributed by atoms with Crippen LogP contribution in [-0.4, -0.2) is 12.2 Å². The molecule has 5 heteroatoms. The molecule has 19 heavy (non-hydrogen) atoms. The molecule has 0 radical (unpaired) electrons. The van der Waals surface area contributed by atoms with Crippen LogP contribution in [0.2, 0.25) is 10.0 Å². The smallest absolute Gasteiger partial charge is 0.0889 e. The van der Waals surface area contributed by atoms with E-state index < -0.39 is 0 Å². The fourth-order valence-electron chi connectivity index (χ4n) is 3.05. The second kappa shape index (κ2) is 6.42. The molecule has 1 atom stereocenters. The van der Waals surface area contributed by atoms with Gasteiger partial charge in [0.1, 0.15) is 0 Å². The maximum atomic E-state index is 6.32. The van der Waals surface area contributed by atoms with Crippen LogP contribution in [0.1, 0.15) is 44.2 Å². The number of benzene rings is 1. The third-order valence-electron chi connectivity index (χ3n) is 3.87. The third-order valence-corrected chi connectivity index (χ3v) is 4.70. The van der Waals surface area contributed by atoms with E-state index in [4.69, 9.17) is 33.8 Å². The van der Waals surface area contributed by atoms with Gasteiger partial charge in [0.2, 0.25) is 0 Å². The molecule has 0 aromatic heterocycles. The topological polar surface area (TPSA) is 47.3 Å². The molecule has 0 heterocycles. The number of hydrazine groups is 1. The minimum absolute atomic E-state index is 0.138. The number of hydrogen-bond acceptors (Lipinski definition) is 3. The van der Waals surface area contributed by atoms with Crippen molar-refractivity contribution in [1.82, 2.24) is 5.43 Å². The van der Waals surface area contributed by atoms with Gasteiger partial charge >= 0.3 is 0 Å². The van der Waals surface area contributed by atoms with Crippen molar-refractivity contribution in [3.05, 3.63) is 33.8 Å². The van der Waals surface area contributed by atoms with E-state index in [9.17, 15) is 0 Å². The van der Waals surface area contributed by atoms with Crippen molar-refractivity contribution >= 4 is 23.2 Å². The molecule has 1 unspecified atom stereocenters. The molecular formula is C14H20Cl2N2O. The molecule has 3 N–H and O–H groups in total. The van der Waals surface area contributed by atoms with Crippen LogP contribution in [0.4, 0.5) is 0 Å². The molecule has 1 aliphatic carbocycles. The summed E-state index contributed by atoms with van der Waals surface area (Å²) < 4.78 is 6.05. The average Bonchev–Trinajstić information content (AvgIpc) is 2.85. The Kier molecular flexibility index (Phi) is 5.09. The number of hydrogen-bond donors (Lipinski definition) is 2. The molecule has 1 saturated carbocycles. The molecule has 0 bridgehead atoms. The maximum Gasteiger partial charge on any atom is 0.0889 e. The van der Waals surface area contributed by atoms with Crippen molar-refractivity contribution in [3.63, 3.8) is 0 Å². The molecule has 0 aliphatic heterocycles. The Labute approximate surface area is 124 Å². The van der Waals surface area contributed by atoms with E-state index >= 15 is 0 Å².